The van der Waals surface area contributed by atoms with Gasteiger partial charge in [0.2, 0.25) is 0 Å². The zero-order valence-corrected chi connectivity index (χ0v) is 16.3. The fraction of sp³-hybridized carbons (Fsp3) is 0.550. The van der Waals surface area contributed by atoms with Gasteiger partial charge in [-0.05, 0) is 37.1 Å². The number of aromatic nitrogens is 2. The van der Waals surface area contributed by atoms with Crippen LogP contribution >= 0.6 is 11.3 Å². The summed E-state index contributed by atoms with van der Waals surface area (Å²) in [5.41, 5.74) is 1.60. The summed E-state index contributed by atoms with van der Waals surface area (Å²) in [5.74, 6) is 0.936. The summed E-state index contributed by atoms with van der Waals surface area (Å²) in [4.78, 5) is 34.1. The maximum atomic E-state index is 12.5. The second-order valence-electron chi connectivity index (χ2n) is 7.57. The average Bonchev–Trinajstić information content (AvgIpc) is 3.23. The maximum absolute atomic E-state index is 12.5. The lowest BCUT2D eigenvalue weighted by Crippen LogP contribution is -2.48. The van der Waals surface area contributed by atoms with Crippen molar-refractivity contribution in [2.45, 2.75) is 56.9 Å². The largest absolute Gasteiger partial charge is 0.335 e. The molecular weight excluding hydrogens is 360 g/mol. The van der Waals surface area contributed by atoms with E-state index in [-0.39, 0.29) is 17.5 Å². The Kier molecular flexibility index (Phi) is 5.57. The SMILES string of the molecule is O=C(NC1CCCCC1)N1CCC(c2nc(-c3ccsc3)cc(=O)[nH]2)CC1. The van der Waals surface area contributed by atoms with Crippen molar-refractivity contribution < 1.29 is 4.79 Å². The van der Waals surface area contributed by atoms with Gasteiger partial charge in [0, 0.05) is 42.1 Å². The molecule has 4 rings (SSSR count). The van der Waals surface area contributed by atoms with Crippen LogP contribution in [0, 0.1) is 0 Å². The number of carbonyl (C=O) groups is 1. The molecule has 0 atom stereocenters. The van der Waals surface area contributed by atoms with Gasteiger partial charge in [-0.2, -0.15) is 11.3 Å². The van der Waals surface area contributed by atoms with Crippen LogP contribution in [0.25, 0.3) is 11.3 Å². The lowest BCUT2D eigenvalue weighted by atomic mass is 9.95. The number of rotatable bonds is 3. The minimum absolute atomic E-state index is 0.0637. The van der Waals surface area contributed by atoms with E-state index in [9.17, 15) is 9.59 Å². The first-order valence-electron chi connectivity index (χ1n) is 9.88. The van der Waals surface area contributed by atoms with E-state index in [1.54, 1.807) is 17.4 Å². The van der Waals surface area contributed by atoms with Crippen LogP contribution in [0.1, 0.15) is 56.7 Å². The molecule has 2 fully saturated rings. The van der Waals surface area contributed by atoms with E-state index in [1.165, 1.54) is 19.3 Å². The molecule has 2 aromatic heterocycles. The number of thiophene rings is 1. The van der Waals surface area contributed by atoms with Crippen molar-refractivity contribution in [3.05, 3.63) is 39.1 Å². The summed E-state index contributed by atoms with van der Waals surface area (Å²) in [5, 5.41) is 7.19. The van der Waals surface area contributed by atoms with Crippen LogP contribution in [0.15, 0.2) is 27.7 Å². The molecule has 0 unspecified atom stereocenters. The molecule has 1 saturated heterocycles. The highest BCUT2D eigenvalue weighted by Gasteiger charge is 2.27. The number of hydrogen-bond acceptors (Lipinski definition) is 4. The van der Waals surface area contributed by atoms with Crippen molar-refractivity contribution in [1.29, 1.82) is 0 Å². The van der Waals surface area contributed by atoms with Gasteiger partial charge in [-0.1, -0.05) is 19.3 Å². The molecular formula is C20H26N4O2S. The topological polar surface area (TPSA) is 78.1 Å². The lowest BCUT2D eigenvalue weighted by molar-refractivity contribution is 0.173. The zero-order chi connectivity index (χ0) is 18.6. The van der Waals surface area contributed by atoms with Crippen molar-refractivity contribution >= 4 is 17.4 Å². The predicted molar refractivity (Wildman–Crippen MR) is 107 cm³/mol. The Balaban J connectivity index is 1.37. The van der Waals surface area contributed by atoms with Gasteiger partial charge in [0.25, 0.3) is 5.56 Å². The highest BCUT2D eigenvalue weighted by Crippen LogP contribution is 2.27. The first kappa shape index (κ1) is 18.2. The number of nitrogens with one attached hydrogen (secondary N) is 2. The summed E-state index contributed by atoms with van der Waals surface area (Å²) in [6, 6.07) is 3.94. The normalized spacial score (nSPS) is 19.2. The molecule has 144 valence electrons. The van der Waals surface area contributed by atoms with Crippen LogP contribution in [0.5, 0.6) is 0 Å². The monoisotopic (exact) mass is 386 g/mol. The Bertz CT molecular complexity index is 819. The maximum Gasteiger partial charge on any atom is 0.317 e. The number of aromatic amines is 1. The molecule has 1 saturated carbocycles. The second kappa shape index (κ2) is 8.25. The van der Waals surface area contributed by atoms with Gasteiger partial charge >= 0.3 is 6.03 Å². The molecule has 27 heavy (non-hydrogen) atoms. The highest BCUT2D eigenvalue weighted by atomic mass is 32.1. The molecule has 2 aliphatic rings. The second-order valence-corrected chi connectivity index (χ2v) is 8.35. The van der Waals surface area contributed by atoms with E-state index < -0.39 is 0 Å². The standard InChI is InChI=1S/C20H26N4O2S/c25-18-12-17(15-8-11-27-13-15)22-19(23-18)14-6-9-24(10-7-14)20(26)21-16-4-2-1-3-5-16/h8,11-14,16H,1-7,9-10H2,(H,21,26)(H,22,23,25). The third-order valence-corrected chi connectivity index (χ3v) is 6.36. The summed E-state index contributed by atoms with van der Waals surface area (Å²) < 4.78 is 0. The third-order valence-electron chi connectivity index (χ3n) is 5.68. The van der Waals surface area contributed by atoms with Gasteiger partial charge in [0.1, 0.15) is 5.82 Å². The predicted octanol–water partition coefficient (Wildman–Crippen LogP) is 3.72. The van der Waals surface area contributed by atoms with Gasteiger partial charge in [0.05, 0.1) is 5.69 Å². The number of piperidine rings is 1. The average molecular weight is 387 g/mol. The minimum atomic E-state index is -0.112. The molecule has 2 amide bonds. The van der Waals surface area contributed by atoms with Crippen molar-refractivity contribution in [3.63, 3.8) is 0 Å². The smallest absolute Gasteiger partial charge is 0.317 e. The highest BCUT2D eigenvalue weighted by molar-refractivity contribution is 7.08. The van der Waals surface area contributed by atoms with E-state index in [0.717, 1.165) is 42.8 Å². The van der Waals surface area contributed by atoms with Crippen molar-refractivity contribution in [2.24, 2.45) is 0 Å². The molecule has 2 N–H and O–H groups in total. The Hall–Kier alpha value is -2.15. The number of urea groups is 1. The molecule has 0 spiro atoms. The zero-order valence-electron chi connectivity index (χ0n) is 15.4. The number of carbonyl (C=O) groups excluding carboxylic acids is 1. The molecule has 1 aliphatic carbocycles. The first-order valence-corrected chi connectivity index (χ1v) is 10.8. The van der Waals surface area contributed by atoms with Gasteiger partial charge in [-0.3, -0.25) is 4.79 Å². The first-order chi connectivity index (χ1) is 13.2. The number of H-pyrrole nitrogens is 1. The van der Waals surface area contributed by atoms with E-state index in [4.69, 9.17) is 4.98 Å². The molecule has 6 nitrogen and oxygen atoms in total. The molecule has 3 heterocycles. The Morgan fingerprint density at radius 1 is 1.19 bits per heavy atom. The van der Waals surface area contributed by atoms with Crippen LogP contribution in [0.3, 0.4) is 0 Å². The third kappa shape index (κ3) is 4.40. The molecule has 0 bridgehead atoms. The van der Waals surface area contributed by atoms with Crippen LogP contribution in [0.2, 0.25) is 0 Å². The van der Waals surface area contributed by atoms with Gasteiger partial charge in [0.15, 0.2) is 0 Å². The van der Waals surface area contributed by atoms with E-state index in [2.05, 4.69) is 10.3 Å². The van der Waals surface area contributed by atoms with Crippen LogP contribution in [0.4, 0.5) is 4.79 Å². The summed E-state index contributed by atoms with van der Waals surface area (Å²) in [6.45, 7) is 1.41. The summed E-state index contributed by atoms with van der Waals surface area (Å²) in [6.07, 6.45) is 7.57. The van der Waals surface area contributed by atoms with E-state index in [1.807, 2.05) is 21.7 Å². The molecule has 1 aliphatic heterocycles. The molecule has 7 heteroatoms. The Morgan fingerprint density at radius 2 is 1.96 bits per heavy atom. The Labute approximate surface area is 163 Å². The van der Waals surface area contributed by atoms with E-state index >= 15 is 0 Å². The van der Waals surface area contributed by atoms with Crippen molar-refractivity contribution in [3.8, 4) is 11.3 Å². The van der Waals surface area contributed by atoms with Gasteiger partial charge in [-0.25, -0.2) is 9.78 Å². The van der Waals surface area contributed by atoms with Crippen LogP contribution < -0.4 is 10.9 Å². The van der Waals surface area contributed by atoms with E-state index in [0.29, 0.717) is 19.1 Å². The summed E-state index contributed by atoms with van der Waals surface area (Å²) >= 11 is 1.60. The quantitative estimate of drug-likeness (QED) is 0.844. The van der Waals surface area contributed by atoms with Gasteiger partial charge < -0.3 is 15.2 Å². The molecule has 2 aromatic rings. The Morgan fingerprint density at radius 3 is 2.67 bits per heavy atom. The minimum Gasteiger partial charge on any atom is -0.335 e. The van der Waals surface area contributed by atoms with Crippen molar-refractivity contribution in [2.75, 3.05) is 13.1 Å². The molecule has 0 radical (unpaired) electrons. The number of nitrogens with zero attached hydrogens (tertiary/aromatic N) is 2. The number of likely N-dealkylation sites (tertiary alicyclic amines) is 1. The molecule has 0 aromatic carbocycles. The fourth-order valence-electron chi connectivity index (χ4n) is 4.10. The number of amides is 2. The van der Waals surface area contributed by atoms with Gasteiger partial charge in [-0.15, -0.1) is 0 Å². The summed E-state index contributed by atoms with van der Waals surface area (Å²) in [7, 11) is 0. The van der Waals surface area contributed by atoms with Crippen molar-refractivity contribution in [1.82, 2.24) is 20.2 Å². The lowest BCUT2D eigenvalue weighted by Gasteiger charge is -2.33. The van der Waals surface area contributed by atoms with Crippen LogP contribution in [-0.4, -0.2) is 40.0 Å². The number of hydrogen-bond donors (Lipinski definition) is 2. The van der Waals surface area contributed by atoms with Crippen LogP contribution in [-0.2, 0) is 0 Å². The fourth-order valence-corrected chi connectivity index (χ4v) is 4.75.